The van der Waals surface area contributed by atoms with Gasteiger partial charge >= 0.3 is 0 Å². The first-order valence-corrected chi connectivity index (χ1v) is 6.11. The quantitative estimate of drug-likeness (QED) is 0.780. The molecule has 0 aliphatic carbocycles. The van der Waals surface area contributed by atoms with Crippen molar-refractivity contribution >= 4 is 11.0 Å². The zero-order chi connectivity index (χ0) is 11.4. The lowest BCUT2D eigenvalue weighted by atomic mass is 10.0. The first-order valence-electron chi connectivity index (χ1n) is 6.11. The highest BCUT2D eigenvalue weighted by atomic mass is 15.3. The molecule has 3 heteroatoms. The van der Waals surface area contributed by atoms with Crippen molar-refractivity contribution in [3.05, 3.63) is 23.3 Å². The van der Waals surface area contributed by atoms with Crippen molar-refractivity contribution in [3.63, 3.8) is 0 Å². The van der Waals surface area contributed by atoms with Crippen molar-refractivity contribution in [2.45, 2.75) is 46.0 Å². The number of unbranched alkanes of at least 4 members (excludes halogenated alkanes) is 3. The van der Waals surface area contributed by atoms with Crippen LogP contribution in [0.2, 0.25) is 0 Å². The van der Waals surface area contributed by atoms with Gasteiger partial charge in [0.05, 0.1) is 0 Å². The third kappa shape index (κ3) is 2.40. The fraction of sp³-hybridized carbons (Fsp3) is 0.538. The van der Waals surface area contributed by atoms with E-state index < -0.39 is 0 Å². The third-order valence-electron chi connectivity index (χ3n) is 3.07. The summed E-state index contributed by atoms with van der Waals surface area (Å²) in [5.74, 6) is 0. The maximum Gasteiger partial charge on any atom is 0.113 e. The molecule has 86 valence electrons. The number of aromatic amines is 1. The van der Waals surface area contributed by atoms with Crippen LogP contribution in [0.5, 0.6) is 0 Å². The summed E-state index contributed by atoms with van der Waals surface area (Å²) in [6, 6.07) is 4.29. The molecular weight excluding hydrogens is 198 g/mol. The molecule has 1 aromatic carbocycles. The normalized spacial score (nSPS) is 11.1. The molecule has 0 atom stereocenters. The monoisotopic (exact) mass is 217 g/mol. The molecule has 0 spiro atoms. The van der Waals surface area contributed by atoms with Crippen molar-refractivity contribution in [2.75, 3.05) is 0 Å². The number of H-pyrrole nitrogens is 1. The average Bonchev–Trinajstić information content (AvgIpc) is 2.71. The van der Waals surface area contributed by atoms with E-state index in [4.69, 9.17) is 0 Å². The Morgan fingerprint density at radius 3 is 2.56 bits per heavy atom. The van der Waals surface area contributed by atoms with Gasteiger partial charge in [-0.25, -0.2) is 0 Å². The molecule has 0 aliphatic rings. The second-order valence-corrected chi connectivity index (χ2v) is 4.40. The molecule has 0 aliphatic heterocycles. The summed E-state index contributed by atoms with van der Waals surface area (Å²) < 4.78 is 0. The lowest BCUT2D eigenvalue weighted by molar-refractivity contribution is 0.666. The average molecular weight is 217 g/mol. The summed E-state index contributed by atoms with van der Waals surface area (Å²) in [7, 11) is 0. The predicted molar refractivity (Wildman–Crippen MR) is 66.5 cm³/mol. The van der Waals surface area contributed by atoms with E-state index in [0.717, 1.165) is 17.5 Å². The van der Waals surface area contributed by atoms with Crippen molar-refractivity contribution in [3.8, 4) is 0 Å². The van der Waals surface area contributed by atoms with E-state index in [9.17, 15) is 0 Å². The van der Waals surface area contributed by atoms with Crippen LogP contribution in [0, 0.1) is 6.92 Å². The van der Waals surface area contributed by atoms with Crippen LogP contribution in [-0.4, -0.2) is 15.4 Å². The summed E-state index contributed by atoms with van der Waals surface area (Å²) in [4.78, 5) is 0. The molecule has 2 aromatic rings. The molecule has 1 N–H and O–H groups in total. The summed E-state index contributed by atoms with van der Waals surface area (Å²) in [5, 5.41) is 10.9. The molecule has 0 fully saturated rings. The molecule has 0 saturated carbocycles. The van der Waals surface area contributed by atoms with Gasteiger partial charge in [0.1, 0.15) is 11.0 Å². The Morgan fingerprint density at radius 1 is 1.06 bits per heavy atom. The Bertz CT molecular complexity index is 459. The number of aromatic nitrogens is 3. The minimum atomic E-state index is 0.967. The van der Waals surface area contributed by atoms with Gasteiger partial charge in [0.2, 0.25) is 0 Å². The number of benzene rings is 1. The minimum absolute atomic E-state index is 0.967. The van der Waals surface area contributed by atoms with E-state index in [0.29, 0.717) is 0 Å². The minimum Gasteiger partial charge on any atom is -0.197 e. The first-order chi connectivity index (χ1) is 7.81. The SMILES string of the molecule is CCCCCCc1cc2n[nH]nc2cc1C. The van der Waals surface area contributed by atoms with Gasteiger partial charge in [-0.3, -0.25) is 0 Å². The molecule has 1 aromatic heterocycles. The Morgan fingerprint density at radius 2 is 1.81 bits per heavy atom. The largest absolute Gasteiger partial charge is 0.197 e. The highest BCUT2D eigenvalue weighted by molar-refractivity contribution is 5.75. The number of nitrogens with zero attached hydrogens (tertiary/aromatic N) is 2. The molecule has 1 heterocycles. The van der Waals surface area contributed by atoms with Crippen LogP contribution in [0.15, 0.2) is 12.1 Å². The van der Waals surface area contributed by atoms with Crippen LogP contribution in [-0.2, 0) is 6.42 Å². The predicted octanol–water partition coefficient (Wildman–Crippen LogP) is 3.39. The zero-order valence-corrected chi connectivity index (χ0v) is 10.1. The van der Waals surface area contributed by atoms with E-state index in [1.54, 1.807) is 0 Å². The second kappa shape index (κ2) is 5.10. The highest BCUT2D eigenvalue weighted by Crippen LogP contribution is 2.18. The molecule has 3 nitrogen and oxygen atoms in total. The van der Waals surface area contributed by atoms with Crippen molar-refractivity contribution < 1.29 is 0 Å². The number of nitrogens with one attached hydrogen (secondary N) is 1. The van der Waals surface area contributed by atoms with E-state index >= 15 is 0 Å². The molecule has 16 heavy (non-hydrogen) atoms. The topological polar surface area (TPSA) is 41.6 Å². The number of hydrogen-bond donors (Lipinski definition) is 1. The first kappa shape index (κ1) is 11.1. The van der Waals surface area contributed by atoms with Crippen LogP contribution >= 0.6 is 0 Å². The van der Waals surface area contributed by atoms with E-state index in [2.05, 4.69) is 41.4 Å². The fourth-order valence-corrected chi connectivity index (χ4v) is 2.05. The van der Waals surface area contributed by atoms with Gasteiger partial charge in [-0.05, 0) is 43.0 Å². The lowest BCUT2D eigenvalue weighted by Gasteiger charge is -2.05. The van der Waals surface area contributed by atoms with E-state index in [1.165, 1.54) is 36.8 Å². The van der Waals surface area contributed by atoms with Crippen LogP contribution in [0.1, 0.15) is 43.7 Å². The van der Waals surface area contributed by atoms with Crippen LogP contribution in [0.3, 0.4) is 0 Å². The zero-order valence-electron chi connectivity index (χ0n) is 10.1. The van der Waals surface area contributed by atoms with Gasteiger partial charge in [-0.15, -0.1) is 0 Å². The lowest BCUT2D eigenvalue weighted by Crippen LogP contribution is -1.90. The fourth-order valence-electron chi connectivity index (χ4n) is 2.05. The molecule has 0 amide bonds. The van der Waals surface area contributed by atoms with Crippen LogP contribution < -0.4 is 0 Å². The third-order valence-corrected chi connectivity index (χ3v) is 3.07. The maximum absolute atomic E-state index is 4.13. The Labute approximate surface area is 96.3 Å². The molecule has 0 radical (unpaired) electrons. The van der Waals surface area contributed by atoms with E-state index in [1.807, 2.05) is 0 Å². The number of fused-ring (bicyclic) bond motifs is 1. The Kier molecular flexibility index (Phi) is 3.54. The van der Waals surface area contributed by atoms with Gasteiger partial charge in [0.25, 0.3) is 0 Å². The van der Waals surface area contributed by atoms with E-state index in [-0.39, 0.29) is 0 Å². The van der Waals surface area contributed by atoms with Gasteiger partial charge in [0, 0.05) is 0 Å². The van der Waals surface area contributed by atoms with Crippen LogP contribution in [0.4, 0.5) is 0 Å². The maximum atomic E-state index is 4.13. The van der Waals surface area contributed by atoms with Crippen molar-refractivity contribution in [1.29, 1.82) is 0 Å². The standard InChI is InChI=1S/C13H19N3/c1-3-4-5-6-7-11-9-13-12(8-10(11)2)14-16-15-13/h8-9H,3-7H2,1-2H3,(H,14,15,16). The summed E-state index contributed by atoms with van der Waals surface area (Å²) in [6.07, 6.45) is 6.39. The smallest absolute Gasteiger partial charge is 0.113 e. The van der Waals surface area contributed by atoms with Crippen LogP contribution in [0.25, 0.3) is 11.0 Å². The molecule has 0 saturated heterocycles. The Hall–Kier alpha value is -1.38. The molecule has 0 bridgehead atoms. The Balaban J connectivity index is 2.07. The summed E-state index contributed by atoms with van der Waals surface area (Å²) in [6.45, 7) is 4.40. The molecule has 2 rings (SSSR count). The summed E-state index contributed by atoms with van der Waals surface area (Å²) in [5.41, 5.74) is 4.70. The molecular formula is C13H19N3. The van der Waals surface area contributed by atoms with Gasteiger partial charge in [0.15, 0.2) is 0 Å². The van der Waals surface area contributed by atoms with Gasteiger partial charge in [-0.2, -0.15) is 15.4 Å². The highest BCUT2D eigenvalue weighted by Gasteiger charge is 2.04. The summed E-state index contributed by atoms with van der Waals surface area (Å²) >= 11 is 0. The van der Waals surface area contributed by atoms with Gasteiger partial charge in [-0.1, -0.05) is 26.2 Å². The van der Waals surface area contributed by atoms with Gasteiger partial charge < -0.3 is 0 Å². The number of hydrogen-bond acceptors (Lipinski definition) is 2. The van der Waals surface area contributed by atoms with Crippen molar-refractivity contribution in [1.82, 2.24) is 15.4 Å². The number of aryl methyl sites for hydroxylation is 2. The number of rotatable bonds is 5. The molecule has 0 unspecified atom stereocenters. The van der Waals surface area contributed by atoms with Crippen molar-refractivity contribution in [2.24, 2.45) is 0 Å². The second-order valence-electron chi connectivity index (χ2n) is 4.40.